The van der Waals surface area contributed by atoms with Crippen molar-refractivity contribution in [3.05, 3.63) is 24.3 Å². The molecule has 0 aromatic heterocycles. The molecule has 1 saturated carbocycles. The number of hydrogen-bond donors (Lipinski definition) is 2. The number of carbonyl (C=O) groups is 2. The SMILES string of the molecule is CC(C)CNC(=O)C1CCC(C(=O)Nc2ccc(OC(C)C)cc2)CC1. The van der Waals surface area contributed by atoms with Crippen LogP contribution >= 0.6 is 0 Å². The molecule has 1 fully saturated rings. The van der Waals surface area contributed by atoms with E-state index in [2.05, 4.69) is 24.5 Å². The Labute approximate surface area is 156 Å². The van der Waals surface area contributed by atoms with E-state index in [1.165, 1.54) is 0 Å². The number of amides is 2. The molecule has 0 spiro atoms. The Morgan fingerprint density at radius 2 is 1.50 bits per heavy atom. The van der Waals surface area contributed by atoms with E-state index < -0.39 is 0 Å². The minimum atomic E-state index is -0.0178. The number of ether oxygens (including phenoxy) is 1. The second-order valence-electron chi connectivity index (χ2n) is 7.87. The van der Waals surface area contributed by atoms with E-state index >= 15 is 0 Å². The minimum absolute atomic E-state index is 0.0178. The molecule has 5 heteroatoms. The molecule has 2 rings (SSSR count). The highest BCUT2D eigenvalue weighted by molar-refractivity contribution is 5.92. The molecular weight excluding hydrogens is 328 g/mol. The van der Waals surface area contributed by atoms with Gasteiger partial charge in [0.15, 0.2) is 0 Å². The monoisotopic (exact) mass is 360 g/mol. The first-order valence-electron chi connectivity index (χ1n) is 9.70. The second-order valence-corrected chi connectivity index (χ2v) is 7.87. The first kappa shape index (κ1) is 20.3. The molecular formula is C21H32N2O3. The lowest BCUT2D eigenvalue weighted by molar-refractivity contribution is -0.128. The molecule has 144 valence electrons. The predicted molar refractivity (Wildman–Crippen MR) is 104 cm³/mol. The van der Waals surface area contributed by atoms with E-state index in [1.54, 1.807) is 0 Å². The molecule has 2 N–H and O–H groups in total. The molecule has 1 aliphatic rings. The molecule has 26 heavy (non-hydrogen) atoms. The highest BCUT2D eigenvalue weighted by atomic mass is 16.5. The summed E-state index contributed by atoms with van der Waals surface area (Å²) in [5, 5.41) is 5.98. The van der Waals surface area contributed by atoms with E-state index in [0.29, 0.717) is 5.92 Å². The van der Waals surface area contributed by atoms with Gasteiger partial charge in [0.05, 0.1) is 6.10 Å². The summed E-state index contributed by atoms with van der Waals surface area (Å²) in [5.41, 5.74) is 0.780. The van der Waals surface area contributed by atoms with Crippen molar-refractivity contribution in [2.75, 3.05) is 11.9 Å². The fraction of sp³-hybridized carbons (Fsp3) is 0.619. The molecule has 2 amide bonds. The predicted octanol–water partition coefficient (Wildman–Crippen LogP) is 3.99. The van der Waals surface area contributed by atoms with E-state index in [0.717, 1.165) is 43.7 Å². The molecule has 0 saturated heterocycles. The highest BCUT2D eigenvalue weighted by Gasteiger charge is 2.29. The molecule has 0 radical (unpaired) electrons. The lowest BCUT2D eigenvalue weighted by atomic mass is 9.81. The van der Waals surface area contributed by atoms with Gasteiger partial charge in [-0.3, -0.25) is 9.59 Å². The number of carbonyl (C=O) groups excluding carboxylic acids is 2. The highest BCUT2D eigenvalue weighted by Crippen LogP contribution is 2.30. The number of rotatable bonds is 7. The van der Waals surface area contributed by atoms with Gasteiger partial charge in [0, 0.05) is 24.1 Å². The standard InChI is InChI=1S/C21H32N2O3/c1-14(2)13-22-20(24)16-5-7-17(8-6-16)21(25)23-18-9-11-19(12-10-18)26-15(3)4/h9-12,14-17H,5-8,13H2,1-4H3,(H,22,24)(H,23,25). The molecule has 5 nitrogen and oxygen atoms in total. The van der Waals surface area contributed by atoms with Crippen LogP contribution in [0.15, 0.2) is 24.3 Å². The van der Waals surface area contributed by atoms with Gasteiger partial charge >= 0.3 is 0 Å². The Morgan fingerprint density at radius 1 is 0.962 bits per heavy atom. The lowest BCUT2D eigenvalue weighted by Crippen LogP contribution is -2.36. The number of anilines is 1. The van der Waals surface area contributed by atoms with Crippen LogP contribution in [0, 0.1) is 17.8 Å². The average Bonchev–Trinajstić information content (AvgIpc) is 2.61. The molecule has 0 heterocycles. The van der Waals surface area contributed by atoms with Crippen molar-refractivity contribution in [3.63, 3.8) is 0 Å². The third-order valence-electron chi connectivity index (χ3n) is 4.65. The molecule has 1 aromatic rings. The van der Waals surface area contributed by atoms with Crippen LogP contribution in [-0.4, -0.2) is 24.5 Å². The van der Waals surface area contributed by atoms with Gasteiger partial charge in [-0.2, -0.15) is 0 Å². The molecule has 1 aromatic carbocycles. The fourth-order valence-electron chi connectivity index (χ4n) is 3.20. The number of hydrogen-bond acceptors (Lipinski definition) is 3. The van der Waals surface area contributed by atoms with Crippen molar-refractivity contribution in [2.45, 2.75) is 59.5 Å². The smallest absolute Gasteiger partial charge is 0.227 e. The van der Waals surface area contributed by atoms with Gasteiger partial charge in [0.1, 0.15) is 5.75 Å². The molecule has 0 atom stereocenters. The Kier molecular flexibility index (Phi) is 7.49. The first-order valence-corrected chi connectivity index (χ1v) is 9.70. The van der Waals surface area contributed by atoms with Gasteiger partial charge in [0.25, 0.3) is 0 Å². The van der Waals surface area contributed by atoms with Crippen LogP contribution in [0.3, 0.4) is 0 Å². The summed E-state index contributed by atoms with van der Waals surface area (Å²) < 4.78 is 5.61. The Morgan fingerprint density at radius 3 is 2.00 bits per heavy atom. The van der Waals surface area contributed by atoms with Crippen LogP contribution in [-0.2, 0) is 9.59 Å². The molecule has 1 aliphatic carbocycles. The molecule has 0 unspecified atom stereocenters. The van der Waals surface area contributed by atoms with Gasteiger partial charge in [-0.1, -0.05) is 13.8 Å². The maximum Gasteiger partial charge on any atom is 0.227 e. The van der Waals surface area contributed by atoms with E-state index in [4.69, 9.17) is 4.74 Å². The van der Waals surface area contributed by atoms with Gasteiger partial charge in [0.2, 0.25) is 11.8 Å². The molecule has 0 bridgehead atoms. The number of benzene rings is 1. The number of nitrogens with one attached hydrogen (secondary N) is 2. The van der Waals surface area contributed by atoms with Gasteiger partial charge in [-0.05, 0) is 69.7 Å². The maximum absolute atomic E-state index is 12.5. The maximum atomic E-state index is 12.5. The van der Waals surface area contributed by atoms with Gasteiger partial charge in [-0.15, -0.1) is 0 Å². The van der Waals surface area contributed by atoms with E-state index in [-0.39, 0.29) is 29.8 Å². The summed E-state index contributed by atoms with van der Waals surface area (Å²) >= 11 is 0. The zero-order valence-electron chi connectivity index (χ0n) is 16.4. The normalized spacial score (nSPS) is 20.1. The summed E-state index contributed by atoms with van der Waals surface area (Å²) in [6, 6.07) is 7.46. The van der Waals surface area contributed by atoms with Gasteiger partial charge in [-0.25, -0.2) is 0 Å². The van der Waals surface area contributed by atoms with Crippen molar-refractivity contribution in [3.8, 4) is 5.75 Å². The summed E-state index contributed by atoms with van der Waals surface area (Å²) in [4.78, 5) is 24.6. The minimum Gasteiger partial charge on any atom is -0.491 e. The molecule has 0 aliphatic heterocycles. The average molecular weight is 360 g/mol. The largest absolute Gasteiger partial charge is 0.491 e. The van der Waals surface area contributed by atoms with Crippen molar-refractivity contribution >= 4 is 17.5 Å². The summed E-state index contributed by atoms with van der Waals surface area (Å²) in [5.74, 6) is 1.46. The Balaban J connectivity index is 1.78. The van der Waals surface area contributed by atoms with E-state index in [9.17, 15) is 9.59 Å². The van der Waals surface area contributed by atoms with Crippen LogP contribution in [0.25, 0.3) is 0 Å². The van der Waals surface area contributed by atoms with Crippen molar-refractivity contribution in [2.24, 2.45) is 17.8 Å². The fourth-order valence-corrected chi connectivity index (χ4v) is 3.20. The second kappa shape index (κ2) is 9.60. The van der Waals surface area contributed by atoms with Crippen LogP contribution in [0.1, 0.15) is 53.4 Å². The summed E-state index contributed by atoms with van der Waals surface area (Å²) in [6.45, 7) is 8.85. The van der Waals surface area contributed by atoms with Gasteiger partial charge < -0.3 is 15.4 Å². The van der Waals surface area contributed by atoms with Crippen LogP contribution in [0.5, 0.6) is 5.75 Å². The van der Waals surface area contributed by atoms with Crippen molar-refractivity contribution < 1.29 is 14.3 Å². The third kappa shape index (κ3) is 6.36. The van der Waals surface area contributed by atoms with Crippen LogP contribution in [0.4, 0.5) is 5.69 Å². The van der Waals surface area contributed by atoms with Crippen molar-refractivity contribution in [1.82, 2.24) is 5.32 Å². The van der Waals surface area contributed by atoms with Crippen molar-refractivity contribution in [1.29, 1.82) is 0 Å². The summed E-state index contributed by atoms with van der Waals surface area (Å²) in [6.07, 6.45) is 3.22. The van der Waals surface area contributed by atoms with Crippen LogP contribution in [0.2, 0.25) is 0 Å². The summed E-state index contributed by atoms with van der Waals surface area (Å²) in [7, 11) is 0. The third-order valence-corrected chi connectivity index (χ3v) is 4.65. The zero-order valence-corrected chi connectivity index (χ0v) is 16.4. The quantitative estimate of drug-likeness (QED) is 0.772. The first-order chi connectivity index (χ1) is 12.3. The van der Waals surface area contributed by atoms with Crippen LogP contribution < -0.4 is 15.4 Å². The zero-order chi connectivity index (χ0) is 19.1. The lowest BCUT2D eigenvalue weighted by Gasteiger charge is -2.27. The Bertz CT molecular complexity index is 588. The Hall–Kier alpha value is -2.04. The van der Waals surface area contributed by atoms with E-state index in [1.807, 2.05) is 38.1 Å². The topological polar surface area (TPSA) is 67.4 Å².